The van der Waals surface area contributed by atoms with Gasteiger partial charge < -0.3 is 10.1 Å². The molecule has 2 aliphatic rings. The van der Waals surface area contributed by atoms with Crippen LogP contribution in [0.5, 0.6) is 0 Å². The van der Waals surface area contributed by atoms with Gasteiger partial charge in [0.2, 0.25) is 0 Å². The highest BCUT2D eigenvalue weighted by molar-refractivity contribution is 6.54. The zero-order valence-corrected chi connectivity index (χ0v) is 17.1. The standard InChI is InChI=1S/C25H19N3O4/c29-23-18-9-4-5-10-19(18)24(30)28(23)14-6-13-27-21-15-17(16-7-2-1-3-8-16)11-12-20(21)22(26-32)25(27)31/h1-5,7-12,15,32H,6,13-14H2/b26-22-. The fourth-order valence-electron chi connectivity index (χ4n) is 4.27. The van der Waals surface area contributed by atoms with Crippen molar-refractivity contribution in [1.29, 1.82) is 0 Å². The fraction of sp³-hybridized carbons (Fsp3) is 0.120. The van der Waals surface area contributed by atoms with Crippen LogP contribution in [-0.2, 0) is 4.79 Å². The van der Waals surface area contributed by atoms with Crippen molar-refractivity contribution in [2.45, 2.75) is 6.42 Å². The van der Waals surface area contributed by atoms with E-state index in [-0.39, 0.29) is 30.6 Å². The van der Waals surface area contributed by atoms with Crippen LogP contribution in [0.2, 0.25) is 0 Å². The molecule has 0 fully saturated rings. The van der Waals surface area contributed by atoms with Crippen LogP contribution in [0.1, 0.15) is 32.7 Å². The van der Waals surface area contributed by atoms with Gasteiger partial charge in [-0.15, -0.1) is 0 Å². The van der Waals surface area contributed by atoms with Gasteiger partial charge in [0.25, 0.3) is 17.7 Å². The van der Waals surface area contributed by atoms with Crippen molar-refractivity contribution in [1.82, 2.24) is 4.90 Å². The first kappa shape index (κ1) is 19.7. The Balaban J connectivity index is 1.37. The molecular weight excluding hydrogens is 406 g/mol. The lowest BCUT2D eigenvalue weighted by atomic mass is 10.0. The van der Waals surface area contributed by atoms with Gasteiger partial charge in [-0.05, 0) is 41.8 Å². The molecule has 0 saturated heterocycles. The maximum atomic E-state index is 12.9. The largest absolute Gasteiger partial charge is 0.410 e. The zero-order chi connectivity index (χ0) is 22.2. The molecule has 3 aromatic rings. The van der Waals surface area contributed by atoms with E-state index in [1.54, 1.807) is 30.3 Å². The number of amides is 3. The van der Waals surface area contributed by atoms with E-state index in [9.17, 15) is 19.6 Å². The molecule has 5 rings (SSSR count). The van der Waals surface area contributed by atoms with Crippen LogP contribution >= 0.6 is 0 Å². The van der Waals surface area contributed by atoms with Crippen LogP contribution in [0.25, 0.3) is 11.1 Å². The maximum Gasteiger partial charge on any atom is 0.281 e. The average Bonchev–Trinajstić information content (AvgIpc) is 3.24. The minimum absolute atomic E-state index is 0.0136. The van der Waals surface area contributed by atoms with Crippen molar-refractivity contribution in [3.8, 4) is 11.1 Å². The number of carbonyl (C=O) groups excluding carboxylic acids is 3. The van der Waals surface area contributed by atoms with E-state index in [1.807, 2.05) is 42.5 Å². The van der Waals surface area contributed by atoms with E-state index < -0.39 is 5.91 Å². The van der Waals surface area contributed by atoms with Gasteiger partial charge in [0, 0.05) is 18.7 Å². The second-order valence-electron chi connectivity index (χ2n) is 7.66. The molecule has 0 saturated carbocycles. The van der Waals surface area contributed by atoms with E-state index in [1.165, 1.54) is 9.80 Å². The minimum Gasteiger partial charge on any atom is -0.410 e. The lowest BCUT2D eigenvalue weighted by molar-refractivity contribution is -0.112. The lowest BCUT2D eigenvalue weighted by Gasteiger charge is -2.20. The van der Waals surface area contributed by atoms with Crippen LogP contribution in [-0.4, -0.2) is 46.6 Å². The monoisotopic (exact) mass is 425 g/mol. The van der Waals surface area contributed by atoms with Gasteiger partial charge in [-0.2, -0.15) is 0 Å². The maximum absolute atomic E-state index is 12.9. The summed E-state index contributed by atoms with van der Waals surface area (Å²) in [5, 5.41) is 12.6. The Kier molecular flexibility index (Phi) is 4.78. The number of imide groups is 1. The van der Waals surface area contributed by atoms with E-state index in [0.29, 0.717) is 28.8 Å². The van der Waals surface area contributed by atoms with Crippen LogP contribution in [0, 0.1) is 0 Å². The second kappa shape index (κ2) is 7.77. The Morgan fingerprint density at radius 3 is 1.94 bits per heavy atom. The van der Waals surface area contributed by atoms with E-state index >= 15 is 0 Å². The molecule has 2 heterocycles. The number of oxime groups is 1. The summed E-state index contributed by atoms with van der Waals surface area (Å²) in [5.74, 6) is -1.04. The highest BCUT2D eigenvalue weighted by atomic mass is 16.4. The van der Waals surface area contributed by atoms with Crippen LogP contribution in [0.15, 0.2) is 78.0 Å². The summed E-state index contributed by atoms with van der Waals surface area (Å²) in [6.45, 7) is 0.464. The Bertz CT molecular complexity index is 1250. The Hall–Kier alpha value is -4.26. The van der Waals surface area contributed by atoms with Gasteiger partial charge in [-0.3, -0.25) is 19.3 Å². The SMILES string of the molecule is O=C1c2ccccc2C(=O)N1CCCN1C(=O)/C(=N\O)c2ccc(-c3ccccc3)cc21. The van der Waals surface area contributed by atoms with Crippen LogP contribution < -0.4 is 4.90 Å². The number of hydrogen-bond donors (Lipinski definition) is 1. The van der Waals surface area contributed by atoms with Crippen molar-refractivity contribution in [2.24, 2.45) is 5.16 Å². The third kappa shape index (κ3) is 3.06. The van der Waals surface area contributed by atoms with E-state index in [0.717, 1.165) is 11.1 Å². The molecule has 7 nitrogen and oxygen atoms in total. The topological polar surface area (TPSA) is 90.3 Å². The van der Waals surface area contributed by atoms with Crippen molar-refractivity contribution < 1.29 is 19.6 Å². The summed E-state index contributed by atoms with van der Waals surface area (Å²) < 4.78 is 0. The highest BCUT2D eigenvalue weighted by Crippen LogP contribution is 2.34. The van der Waals surface area contributed by atoms with Crippen LogP contribution in [0.3, 0.4) is 0 Å². The van der Waals surface area contributed by atoms with Gasteiger partial charge in [-0.1, -0.05) is 53.7 Å². The first-order chi connectivity index (χ1) is 15.6. The number of carbonyl (C=O) groups is 3. The zero-order valence-electron chi connectivity index (χ0n) is 17.1. The molecule has 0 bridgehead atoms. The van der Waals surface area contributed by atoms with Crippen molar-refractivity contribution >= 4 is 29.1 Å². The van der Waals surface area contributed by atoms with Crippen molar-refractivity contribution in [2.75, 3.05) is 18.0 Å². The summed E-state index contributed by atoms with van der Waals surface area (Å²) in [6, 6.07) is 22.1. The molecular formula is C25H19N3O4. The molecule has 0 aliphatic carbocycles. The Morgan fingerprint density at radius 1 is 0.656 bits per heavy atom. The smallest absolute Gasteiger partial charge is 0.281 e. The molecule has 3 amide bonds. The molecule has 3 aromatic carbocycles. The molecule has 7 heteroatoms. The molecule has 0 aromatic heterocycles. The lowest BCUT2D eigenvalue weighted by Crippen LogP contribution is -2.35. The van der Waals surface area contributed by atoms with Crippen molar-refractivity contribution in [3.05, 3.63) is 89.5 Å². The Morgan fingerprint density at radius 2 is 1.28 bits per heavy atom. The molecule has 32 heavy (non-hydrogen) atoms. The van der Waals surface area contributed by atoms with Crippen molar-refractivity contribution in [3.63, 3.8) is 0 Å². The molecule has 158 valence electrons. The molecule has 0 spiro atoms. The number of hydrogen-bond acceptors (Lipinski definition) is 5. The molecule has 0 atom stereocenters. The van der Waals surface area contributed by atoms with Gasteiger partial charge in [0.05, 0.1) is 16.8 Å². The van der Waals surface area contributed by atoms with Gasteiger partial charge >= 0.3 is 0 Å². The number of anilines is 1. The molecule has 2 aliphatic heterocycles. The number of rotatable bonds is 5. The van der Waals surface area contributed by atoms with Gasteiger partial charge in [-0.25, -0.2) is 0 Å². The molecule has 0 unspecified atom stereocenters. The summed E-state index contributed by atoms with van der Waals surface area (Å²) in [5.41, 5.74) is 3.93. The quantitative estimate of drug-likeness (QED) is 0.384. The normalized spacial score (nSPS) is 16.1. The number of benzene rings is 3. The summed E-state index contributed by atoms with van der Waals surface area (Å²) in [7, 11) is 0. The van der Waals surface area contributed by atoms with Crippen LogP contribution in [0.4, 0.5) is 5.69 Å². The first-order valence-electron chi connectivity index (χ1n) is 10.3. The molecule has 0 radical (unpaired) electrons. The highest BCUT2D eigenvalue weighted by Gasteiger charge is 2.37. The molecule has 1 N–H and O–H groups in total. The van der Waals surface area contributed by atoms with Gasteiger partial charge in [0.1, 0.15) is 0 Å². The van der Waals surface area contributed by atoms with E-state index in [2.05, 4.69) is 5.16 Å². The fourth-order valence-corrected chi connectivity index (χ4v) is 4.27. The van der Waals surface area contributed by atoms with Gasteiger partial charge in [0.15, 0.2) is 5.71 Å². The summed E-state index contributed by atoms with van der Waals surface area (Å²) in [6.07, 6.45) is 0.394. The third-order valence-corrected chi connectivity index (χ3v) is 5.84. The average molecular weight is 425 g/mol. The summed E-state index contributed by atoms with van der Waals surface area (Å²) in [4.78, 5) is 40.8. The summed E-state index contributed by atoms with van der Waals surface area (Å²) >= 11 is 0. The van der Waals surface area contributed by atoms with E-state index in [4.69, 9.17) is 0 Å². The Labute approximate surface area is 184 Å². The third-order valence-electron chi connectivity index (χ3n) is 5.84. The second-order valence-corrected chi connectivity index (χ2v) is 7.66. The predicted octanol–water partition coefficient (Wildman–Crippen LogP) is 3.56. The number of nitrogens with zero attached hydrogens (tertiary/aromatic N) is 3. The number of fused-ring (bicyclic) bond motifs is 2. The first-order valence-corrected chi connectivity index (χ1v) is 10.3. The minimum atomic E-state index is -0.407. The predicted molar refractivity (Wildman–Crippen MR) is 119 cm³/mol.